The summed E-state index contributed by atoms with van der Waals surface area (Å²) in [6.45, 7) is 2.31. The molecule has 1 aromatic heterocycles. The number of hydrogen-bond acceptors (Lipinski definition) is 3. The van der Waals surface area contributed by atoms with Crippen LogP contribution in [0.1, 0.15) is 25.3 Å². The molecular weight excluding hydrogens is 248 g/mol. The predicted molar refractivity (Wildman–Crippen MR) is 69.0 cm³/mol. The van der Waals surface area contributed by atoms with Crippen LogP contribution in [0.2, 0.25) is 0 Å². The van der Waals surface area contributed by atoms with Gasteiger partial charge in [-0.2, -0.15) is 11.3 Å². The Labute approximate surface area is 110 Å². The van der Waals surface area contributed by atoms with Crippen LogP contribution in [-0.2, 0) is 16.1 Å². The van der Waals surface area contributed by atoms with Gasteiger partial charge in [0.25, 0.3) is 0 Å². The fraction of sp³-hybridized carbons (Fsp3) is 0.538. The Kier molecular flexibility index (Phi) is 2.86. The van der Waals surface area contributed by atoms with E-state index < -0.39 is 6.04 Å². The van der Waals surface area contributed by atoms with Gasteiger partial charge in [-0.05, 0) is 48.1 Å². The van der Waals surface area contributed by atoms with Gasteiger partial charge in [0.15, 0.2) is 0 Å². The molecule has 5 heteroatoms. The van der Waals surface area contributed by atoms with E-state index in [0.29, 0.717) is 12.5 Å². The lowest BCUT2D eigenvalue weighted by Crippen LogP contribution is -2.62. The van der Waals surface area contributed by atoms with Crippen molar-refractivity contribution in [3.8, 4) is 0 Å². The van der Waals surface area contributed by atoms with E-state index in [1.54, 1.807) is 23.2 Å². The van der Waals surface area contributed by atoms with E-state index in [4.69, 9.17) is 0 Å². The minimum absolute atomic E-state index is 0.0137. The second-order valence-corrected chi connectivity index (χ2v) is 5.89. The van der Waals surface area contributed by atoms with Crippen LogP contribution in [0.3, 0.4) is 0 Å². The van der Waals surface area contributed by atoms with Gasteiger partial charge in [-0.25, -0.2) is 0 Å². The zero-order valence-electron chi connectivity index (χ0n) is 10.3. The number of nitrogens with one attached hydrogen (secondary N) is 1. The summed E-state index contributed by atoms with van der Waals surface area (Å²) in [6.07, 6.45) is 2.11. The maximum Gasteiger partial charge on any atom is 0.245 e. The second-order valence-electron chi connectivity index (χ2n) is 5.11. The number of nitrogens with zero attached hydrogens (tertiary/aromatic N) is 1. The van der Waals surface area contributed by atoms with Crippen molar-refractivity contribution in [2.75, 3.05) is 0 Å². The summed E-state index contributed by atoms with van der Waals surface area (Å²) >= 11 is 1.62. The minimum atomic E-state index is -0.397. The minimum Gasteiger partial charge on any atom is -0.343 e. The Hall–Kier alpha value is -1.36. The van der Waals surface area contributed by atoms with Crippen molar-refractivity contribution >= 4 is 23.2 Å². The Bertz CT molecular complexity index is 467. The summed E-state index contributed by atoms with van der Waals surface area (Å²) in [5.74, 6) is 0.414. The Morgan fingerprint density at radius 3 is 2.83 bits per heavy atom. The van der Waals surface area contributed by atoms with Crippen molar-refractivity contribution in [1.82, 2.24) is 10.2 Å². The summed E-state index contributed by atoms with van der Waals surface area (Å²) in [7, 11) is 0. The zero-order valence-corrected chi connectivity index (χ0v) is 11.1. The molecule has 4 nitrogen and oxygen atoms in total. The van der Waals surface area contributed by atoms with E-state index in [2.05, 4.69) is 5.32 Å². The van der Waals surface area contributed by atoms with Gasteiger partial charge >= 0.3 is 0 Å². The number of rotatable bonds is 3. The SMILES string of the molecule is CC1NC(=O)C(C2CC2)N(Cc2ccsc2)C1=O. The van der Waals surface area contributed by atoms with Gasteiger partial charge in [0.1, 0.15) is 12.1 Å². The molecule has 0 aromatic carbocycles. The average Bonchev–Trinajstić information content (AvgIpc) is 3.02. The lowest BCUT2D eigenvalue weighted by molar-refractivity contribution is -0.150. The van der Waals surface area contributed by atoms with Gasteiger partial charge in [0.2, 0.25) is 11.8 Å². The highest BCUT2D eigenvalue weighted by Crippen LogP contribution is 2.37. The summed E-state index contributed by atoms with van der Waals surface area (Å²) < 4.78 is 0. The highest BCUT2D eigenvalue weighted by molar-refractivity contribution is 7.07. The molecule has 2 heterocycles. The third-order valence-corrected chi connectivity index (χ3v) is 4.35. The number of thiophene rings is 1. The first-order valence-corrected chi connectivity index (χ1v) is 7.23. The van der Waals surface area contributed by atoms with Crippen LogP contribution < -0.4 is 5.32 Å². The molecule has 1 N–H and O–H groups in total. The first kappa shape index (κ1) is 11.7. The highest BCUT2D eigenvalue weighted by Gasteiger charge is 2.46. The lowest BCUT2D eigenvalue weighted by Gasteiger charge is -2.38. The third-order valence-electron chi connectivity index (χ3n) is 3.62. The third kappa shape index (κ3) is 2.03. The van der Waals surface area contributed by atoms with Gasteiger partial charge in [-0.15, -0.1) is 0 Å². The number of carbonyl (C=O) groups excluding carboxylic acids is 2. The molecule has 0 spiro atoms. The van der Waals surface area contributed by atoms with Crippen molar-refractivity contribution in [2.45, 2.75) is 38.4 Å². The number of hydrogen-bond donors (Lipinski definition) is 1. The second kappa shape index (κ2) is 4.39. The smallest absolute Gasteiger partial charge is 0.245 e. The van der Waals surface area contributed by atoms with Gasteiger partial charge in [-0.3, -0.25) is 9.59 Å². The van der Waals surface area contributed by atoms with Crippen LogP contribution in [0, 0.1) is 5.92 Å². The van der Waals surface area contributed by atoms with Crippen LogP contribution >= 0.6 is 11.3 Å². The molecule has 18 heavy (non-hydrogen) atoms. The number of piperazine rings is 1. The molecule has 1 saturated heterocycles. The molecule has 2 unspecified atom stereocenters. The van der Waals surface area contributed by atoms with Crippen molar-refractivity contribution in [3.05, 3.63) is 22.4 Å². The van der Waals surface area contributed by atoms with Crippen LogP contribution in [0.15, 0.2) is 16.8 Å². The topological polar surface area (TPSA) is 49.4 Å². The Morgan fingerprint density at radius 1 is 1.44 bits per heavy atom. The molecule has 1 aliphatic carbocycles. The van der Waals surface area contributed by atoms with Crippen molar-refractivity contribution in [3.63, 3.8) is 0 Å². The maximum atomic E-state index is 12.3. The van der Waals surface area contributed by atoms with Crippen LogP contribution in [0.4, 0.5) is 0 Å². The molecule has 0 bridgehead atoms. The predicted octanol–water partition coefficient (Wildman–Crippen LogP) is 1.37. The molecule has 2 atom stereocenters. The fourth-order valence-electron chi connectivity index (χ4n) is 2.52. The number of carbonyl (C=O) groups is 2. The number of amides is 2. The summed E-state index contributed by atoms with van der Waals surface area (Å²) in [4.78, 5) is 26.1. The molecule has 1 saturated carbocycles. The van der Waals surface area contributed by atoms with Crippen LogP contribution in [-0.4, -0.2) is 28.8 Å². The molecule has 1 aliphatic heterocycles. The Morgan fingerprint density at radius 2 is 2.22 bits per heavy atom. The highest BCUT2D eigenvalue weighted by atomic mass is 32.1. The molecule has 0 radical (unpaired) electrons. The van der Waals surface area contributed by atoms with Crippen LogP contribution in [0.25, 0.3) is 0 Å². The molecule has 1 aromatic rings. The van der Waals surface area contributed by atoms with E-state index in [1.807, 2.05) is 16.8 Å². The van der Waals surface area contributed by atoms with Gasteiger partial charge in [0.05, 0.1) is 0 Å². The first-order chi connectivity index (χ1) is 8.66. The summed E-state index contributed by atoms with van der Waals surface area (Å²) in [5, 5.41) is 6.82. The quantitative estimate of drug-likeness (QED) is 0.896. The zero-order chi connectivity index (χ0) is 12.7. The van der Waals surface area contributed by atoms with Crippen molar-refractivity contribution in [2.24, 2.45) is 5.92 Å². The molecule has 3 rings (SSSR count). The van der Waals surface area contributed by atoms with Crippen molar-refractivity contribution < 1.29 is 9.59 Å². The van der Waals surface area contributed by atoms with E-state index in [0.717, 1.165) is 18.4 Å². The van der Waals surface area contributed by atoms with Gasteiger partial charge in [-0.1, -0.05) is 0 Å². The van der Waals surface area contributed by atoms with E-state index >= 15 is 0 Å². The Balaban J connectivity index is 1.85. The summed E-state index contributed by atoms with van der Waals surface area (Å²) in [6, 6.07) is 1.36. The fourth-order valence-corrected chi connectivity index (χ4v) is 3.18. The monoisotopic (exact) mass is 264 g/mol. The van der Waals surface area contributed by atoms with Crippen LogP contribution in [0.5, 0.6) is 0 Å². The van der Waals surface area contributed by atoms with Gasteiger partial charge in [0, 0.05) is 6.54 Å². The van der Waals surface area contributed by atoms with E-state index in [1.165, 1.54) is 0 Å². The van der Waals surface area contributed by atoms with E-state index in [-0.39, 0.29) is 17.9 Å². The maximum absolute atomic E-state index is 12.3. The molecule has 2 fully saturated rings. The molecule has 2 amide bonds. The molecular formula is C13H16N2O2S. The van der Waals surface area contributed by atoms with Gasteiger partial charge < -0.3 is 10.2 Å². The first-order valence-electron chi connectivity index (χ1n) is 6.29. The largest absolute Gasteiger partial charge is 0.343 e. The molecule has 2 aliphatic rings. The standard InChI is InChI=1S/C13H16N2O2S/c1-8-13(17)15(6-9-4-5-18-7-9)11(10-2-3-10)12(16)14-8/h4-5,7-8,10-11H,2-3,6H2,1H3,(H,14,16). The van der Waals surface area contributed by atoms with E-state index in [9.17, 15) is 9.59 Å². The summed E-state index contributed by atoms with van der Waals surface area (Å²) in [5.41, 5.74) is 1.11. The lowest BCUT2D eigenvalue weighted by atomic mass is 10.0. The normalized spacial score (nSPS) is 28.4. The molecule has 96 valence electrons. The average molecular weight is 264 g/mol. The van der Waals surface area contributed by atoms with Crippen molar-refractivity contribution in [1.29, 1.82) is 0 Å².